The maximum atomic E-state index is 12.5. The summed E-state index contributed by atoms with van der Waals surface area (Å²) < 4.78 is 10.4. The molecule has 0 radical (unpaired) electrons. The third kappa shape index (κ3) is 4.72. The first kappa shape index (κ1) is 19.5. The van der Waals surface area contributed by atoms with Crippen molar-refractivity contribution in [3.05, 3.63) is 70.9 Å². The molecule has 1 heterocycles. The van der Waals surface area contributed by atoms with Crippen molar-refractivity contribution in [2.75, 3.05) is 24.9 Å². The number of amides is 1. The predicted molar refractivity (Wildman–Crippen MR) is 111 cm³/mol. The molecule has 28 heavy (non-hydrogen) atoms. The van der Waals surface area contributed by atoms with Gasteiger partial charge in [-0.3, -0.25) is 4.79 Å². The van der Waals surface area contributed by atoms with Crippen LogP contribution in [0.4, 0.5) is 17.2 Å². The highest BCUT2D eigenvalue weighted by atomic mass is 35.5. The lowest BCUT2D eigenvalue weighted by Crippen LogP contribution is -2.12. The van der Waals surface area contributed by atoms with E-state index in [1.165, 1.54) is 14.2 Å². The van der Waals surface area contributed by atoms with Gasteiger partial charge in [0.1, 0.15) is 17.3 Å². The van der Waals surface area contributed by atoms with Gasteiger partial charge in [-0.2, -0.15) is 0 Å². The molecule has 7 heteroatoms. The Morgan fingerprint density at radius 3 is 2.29 bits per heavy atom. The summed E-state index contributed by atoms with van der Waals surface area (Å²) in [5.74, 6) is 1.46. The maximum absolute atomic E-state index is 12.5. The number of nitrogens with zero attached hydrogens (tertiary/aromatic N) is 1. The van der Waals surface area contributed by atoms with Crippen LogP contribution in [0.25, 0.3) is 0 Å². The van der Waals surface area contributed by atoms with Crippen molar-refractivity contribution in [3.63, 3.8) is 0 Å². The van der Waals surface area contributed by atoms with Gasteiger partial charge in [0.15, 0.2) is 0 Å². The molecule has 0 aliphatic rings. The van der Waals surface area contributed by atoms with Crippen molar-refractivity contribution in [3.8, 4) is 11.5 Å². The largest absolute Gasteiger partial charge is 0.497 e. The number of ether oxygens (including phenoxy) is 2. The molecule has 0 fully saturated rings. The topological polar surface area (TPSA) is 72.5 Å². The van der Waals surface area contributed by atoms with E-state index in [2.05, 4.69) is 15.6 Å². The zero-order chi connectivity index (χ0) is 20.1. The van der Waals surface area contributed by atoms with Crippen molar-refractivity contribution in [1.29, 1.82) is 0 Å². The number of hydrogen-bond donors (Lipinski definition) is 2. The van der Waals surface area contributed by atoms with Crippen molar-refractivity contribution < 1.29 is 14.3 Å². The summed E-state index contributed by atoms with van der Waals surface area (Å²) in [4.78, 5) is 16.9. The number of nitrogens with one attached hydrogen (secondary N) is 2. The summed E-state index contributed by atoms with van der Waals surface area (Å²) in [5.41, 5.74) is 2.93. The highest BCUT2D eigenvalue weighted by molar-refractivity contribution is 6.30. The molecule has 0 atom stereocenters. The number of rotatable bonds is 6. The average Bonchev–Trinajstić information content (AvgIpc) is 2.71. The van der Waals surface area contributed by atoms with Crippen LogP contribution in [0.1, 0.15) is 15.9 Å². The first-order valence-corrected chi connectivity index (χ1v) is 8.90. The smallest absolute Gasteiger partial charge is 0.255 e. The Hall–Kier alpha value is -3.25. The first-order chi connectivity index (χ1) is 13.5. The molecular formula is C21H20ClN3O3. The van der Waals surface area contributed by atoms with Gasteiger partial charge in [0, 0.05) is 22.3 Å². The van der Waals surface area contributed by atoms with Gasteiger partial charge in [-0.05, 0) is 55.0 Å². The normalized spacial score (nSPS) is 10.3. The lowest BCUT2D eigenvalue weighted by atomic mass is 10.2. The maximum Gasteiger partial charge on any atom is 0.255 e. The molecule has 2 N–H and O–H groups in total. The molecule has 0 aliphatic carbocycles. The molecular weight excluding hydrogens is 378 g/mol. The first-order valence-electron chi connectivity index (χ1n) is 8.52. The predicted octanol–water partition coefficient (Wildman–Crippen LogP) is 5.06. The summed E-state index contributed by atoms with van der Waals surface area (Å²) in [6, 6.07) is 14.1. The Kier molecular flexibility index (Phi) is 6.01. The van der Waals surface area contributed by atoms with E-state index >= 15 is 0 Å². The van der Waals surface area contributed by atoms with Crippen LogP contribution in [0.15, 0.2) is 54.7 Å². The fraction of sp³-hybridized carbons (Fsp3) is 0.143. The Morgan fingerprint density at radius 1 is 1.00 bits per heavy atom. The van der Waals surface area contributed by atoms with Crippen LogP contribution in [-0.4, -0.2) is 25.1 Å². The molecule has 144 valence electrons. The highest BCUT2D eigenvalue weighted by Crippen LogP contribution is 2.25. The number of hydrogen-bond acceptors (Lipinski definition) is 5. The number of benzene rings is 2. The van der Waals surface area contributed by atoms with Gasteiger partial charge in [0.2, 0.25) is 0 Å². The van der Waals surface area contributed by atoms with Gasteiger partial charge >= 0.3 is 0 Å². The SMILES string of the molecule is COc1cc(OC)cc(C(=O)Nc2ccc(Nc3ccc(Cl)cc3C)nc2)c1. The molecule has 0 unspecified atom stereocenters. The van der Waals surface area contributed by atoms with Crippen molar-refractivity contribution in [1.82, 2.24) is 4.98 Å². The monoisotopic (exact) mass is 397 g/mol. The molecule has 6 nitrogen and oxygen atoms in total. The fourth-order valence-corrected chi connectivity index (χ4v) is 2.82. The quantitative estimate of drug-likeness (QED) is 0.608. The molecule has 1 amide bonds. The van der Waals surface area contributed by atoms with Crippen LogP contribution in [-0.2, 0) is 0 Å². The molecule has 0 spiro atoms. The van der Waals surface area contributed by atoms with Crippen LogP contribution >= 0.6 is 11.6 Å². The number of aromatic nitrogens is 1. The second-order valence-corrected chi connectivity index (χ2v) is 6.51. The molecule has 0 saturated carbocycles. The number of carbonyl (C=O) groups is 1. The summed E-state index contributed by atoms with van der Waals surface area (Å²) >= 11 is 5.98. The fourth-order valence-electron chi connectivity index (χ4n) is 2.59. The number of pyridine rings is 1. The Morgan fingerprint density at radius 2 is 1.71 bits per heavy atom. The summed E-state index contributed by atoms with van der Waals surface area (Å²) in [6.07, 6.45) is 1.59. The van der Waals surface area contributed by atoms with E-state index in [9.17, 15) is 4.79 Å². The van der Waals surface area contributed by atoms with E-state index < -0.39 is 0 Å². The molecule has 2 aromatic carbocycles. The number of halogens is 1. The molecule has 0 bridgehead atoms. The van der Waals surface area contributed by atoms with Crippen molar-refractivity contribution >= 4 is 34.7 Å². The lowest BCUT2D eigenvalue weighted by Gasteiger charge is -2.11. The summed E-state index contributed by atoms with van der Waals surface area (Å²) in [6.45, 7) is 1.96. The van der Waals surface area contributed by atoms with Gasteiger partial charge in [0.05, 0.1) is 26.1 Å². The average molecular weight is 398 g/mol. The highest BCUT2D eigenvalue weighted by Gasteiger charge is 2.11. The lowest BCUT2D eigenvalue weighted by molar-refractivity contribution is 0.102. The third-order valence-electron chi connectivity index (χ3n) is 4.09. The second kappa shape index (κ2) is 8.63. The van der Waals surface area contributed by atoms with Crippen LogP contribution in [0.5, 0.6) is 11.5 Å². The van der Waals surface area contributed by atoms with E-state index in [1.54, 1.807) is 36.5 Å². The number of methoxy groups -OCH3 is 2. The van der Waals surface area contributed by atoms with Gasteiger partial charge in [-0.25, -0.2) is 4.98 Å². The van der Waals surface area contributed by atoms with E-state index in [-0.39, 0.29) is 5.91 Å². The van der Waals surface area contributed by atoms with Crippen molar-refractivity contribution in [2.24, 2.45) is 0 Å². The van der Waals surface area contributed by atoms with Crippen molar-refractivity contribution in [2.45, 2.75) is 6.92 Å². The van der Waals surface area contributed by atoms with E-state index in [0.29, 0.717) is 33.6 Å². The van der Waals surface area contributed by atoms with Gasteiger partial charge in [-0.1, -0.05) is 11.6 Å². The van der Waals surface area contributed by atoms with Crippen LogP contribution in [0.2, 0.25) is 5.02 Å². The molecule has 3 aromatic rings. The van der Waals surface area contributed by atoms with Gasteiger partial charge < -0.3 is 20.1 Å². The minimum atomic E-state index is -0.284. The van der Waals surface area contributed by atoms with E-state index in [1.807, 2.05) is 25.1 Å². The second-order valence-electron chi connectivity index (χ2n) is 6.07. The standard InChI is InChI=1S/C21H20ClN3O3/c1-13-8-15(22)4-6-19(13)25-20-7-5-16(12-23-20)24-21(26)14-9-17(27-2)11-18(10-14)28-3/h4-12H,1-3H3,(H,23,25)(H,24,26). The molecule has 1 aromatic heterocycles. The minimum absolute atomic E-state index is 0.284. The zero-order valence-electron chi connectivity index (χ0n) is 15.7. The molecule has 3 rings (SSSR count). The van der Waals surface area contributed by atoms with Crippen LogP contribution < -0.4 is 20.1 Å². The number of carbonyl (C=O) groups excluding carboxylic acids is 1. The van der Waals surface area contributed by atoms with Crippen LogP contribution in [0.3, 0.4) is 0 Å². The summed E-state index contributed by atoms with van der Waals surface area (Å²) in [5, 5.41) is 6.72. The zero-order valence-corrected chi connectivity index (χ0v) is 16.5. The van der Waals surface area contributed by atoms with E-state index in [0.717, 1.165) is 11.3 Å². The Balaban J connectivity index is 1.71. The third-order valence-corrected chi connectivity index (χ3v) is 4.32. The van der Waals surface area contributed by atoms with Crippen LogP contribution in [0, 0.1) is 6.92 Å². The number of aryl methyl sites for hydroxylation is 1. The summed E-state index contributed by atoms with van der Waals surface area (Å²) in [7, 11) is 3.07. The molecule has 0 saturated heterocycles. The molecule has 0 aliphatic heterocycles. The van der Waals surface area contributed by atoms with Gasteiger partial charge in [-0.15, -0.1) is 0 Å². The Labute approximate surface area is 168 Å². The Bertz CT molecular complexity index is 968. The number of anilines is 3. The van der Waals surface area contributed by atoms with Gasteiger partial charge in [0.25, 0.3) is 5.91 Å². The van der Waals surface area contributed by atoms with E-state index in [4.69, 9.17) is 21.1 Å². The minimum Gasteiger partial charge on any atom is -0.497 e.